The van der Waals surface area contributed by atoms with E-state index in [1.165, 1.54) is 0 Å². The van der Waals surface area contributed by atoms with Gasteiger partial charge in [0.1, 0.15) is 6.79 Å². The molecule has 7 nitrogen and oxygen atoms in total. The molecule has 2 rings (SSSR count). The van der Waals surface area contributed by atoms with E-state index in [9.17, 15) is 9.59 Å². The average molecular weight is 421 g/mol. The summed E-state index contributed by atoms with van der Waals surface area (Å²) in [5.74, 6) is -1.36. The summed E-state index contributed by atoms with van der Waals surface area (Å²) in [7, 11) is 0. The highest BCUT2D eigenvalue weighted by molar-refractivity contribution is 6.30. The second kappa shape index (κ2) is 12.2. The van der Waals surface area contributed by atoms with Gasteiger partial charge in [-0.1, -0.05) is 48.9 Å². The molecule has 2 atom stereocenters. The number of carbonyl (C=O) groups excluding carboxylic acids is 2. The van der Waals surface area contributed by atoms with Gasteiger partial charge < -0.3 is 14.8 Å². The summed E-state index contributed by atoms with van der Waals surface area (Å²) in [5.41, 5.74) is 3.09. The van der Waals surface area contributed by atoms with Crippen LogP contribution < -0.4 is 10.8 Å². The van der Waals surface area contributed by atoms with E-state index in [4.69, 9.17) is 26.3 Å². The third kappa shape index (κ3) is 8.21. The summed E-state index contributed by atoms with van der Waals surface area (Å²) in [6.45, 7) is 2.25. The number of hydroxylamine groups is 1. The molecule has 0 heterocycles. The van der Waals surface area contributed by atoms with Crippen molar-refractivity contribution < 1.29 is 24.3 Å². The smallest absolute Gasteiger partial charge is 0.251 e. The van der Waals surface area contributed by atoms with Gasteiger partial charge in [-0.25, -0.2) is 5.48 Å². The molecule has 0 fully saturated rings. The van der Waals surface area contributed by atoms with Crippen LogP contribution in [0.15, 0.2) is 54.6 Å². The van der Waals surface area contributed by atoms with Crippen molar-refractivity contribution in [1.82, 2.24) is 10.8 Å². The number of nitrogens with one attached hydrogen (secondary N) is 2. The Morgan fingerprint density at radius 1 is 1.07 bits per heavy atom. The van der Waals surface area contributed by atoms with Crippen molar-refractivity contribution in [2.75, 3.05) is 13.4 Å². The SMILES string of the molecule is CC(CC(COCOCc1ccccc1)NC(=O)c1ccc(Cl)cc1)C(=O)NO. The molecule has 0 aliphatic heterocycles. The molecule has 3 N–H and O–H groups in total. The van der Waals surface area contributed by atoms with Crippen molar-refractivity contribution >= 4 is 23.4 Å². The van der Waals surface area contributed by atoms with E-state index in [-0.39, 0.29) is 25.7 Å². The summed E-state index contributed by atoms with van der Waals surface area (Å²) in [5, 5.41) is 12.2. The summed E-state index contributed by atoms with van der Waals surface area (Å²) >= 11 is 5.85. The Morgan fingerprint density at radius 3 is 2.41 bits per heavy atom. The molecule has 29 heavy (non-hydrogen) atoms. The van der Waals surface area contributed by atoms with Gasteiger partial charge in [-0.15, -0.1) is 0 Å². The quantitative estimate of drug-likeness (QED) is 0.224. The monoisotopic (exact) mass is 420 g/mol. The molecule has 0 aromatic heterocycles. The fourth-order valence-electron chi connectivity index (χ4n) is 2.67. The first-order valence-corrected chi connectivity index (χ1v) is 9.57. The van der Waals surface area contributed by atoms with Gasteiger partial charge in [0.25, 0.3) is 5.91 Å². The minimum absolute atomic E-state index is 0.0444. The van der Waals surface area contributed by atoms with E-state index in [2.05, 4.69) is 5.32 Å². The van der Waals surface area contributed by atoms with Gasteiger partial charge in [-0.2, -0.15) is 0 Å². The van der Waals surface area contributed by atoms with Crippen LogP contribution >= 0.6 is 11.6 Å². The molecule has 156 valence electrons. The predicted molar refractivity (Wildman–Crippen MR) is 108 cm³/mol. The van der Waals surface area contributed by atoms with Crippen LogP contribution in [0.4, 0.5) is 0 Å². The van der Waals surface area contributed by atoms with Gasteiger partial charge in [-0.05, 0) is 36.2 Å². The van der Waals surface area contributed by atoms with Crippen molar-refractivity contribution in [1.29, 1.82) is 0 Å². The Hall–Kier alpha value is -2.45. The molecule has 2 unspecified atom stereocenters. The maximum atomic E-state index is 12.5. The van der Waals surface area contributed by atoms with E-state index >= 15 is 0 Å². The van der Waals surface area contributed by atoms with Gasteiger partial charge in [0.2, 0.25) is 5.91 Å². The number of carbonyl (C=O) groups is 2. The standard InChI is InChI=1S/C21H25ClN2O5/c1-15(20(25)24-27)11-19(23-21(26)17-7-9-18(22)10-8-17)13-29-14-28-12-16-5-3-2-4-6-16/h2-10,15,19,27H,11-14H2,1H3,(H,23,26)(H,24,25). The molecule has 2 amide bonds. The number of hydrogen-bond acceptors (Lipinski definition) is 5. The van der Waals surface area contributed by atoms with E-state index < -0.39 is 17.9 Å². The highest BCUT2D eigenvalue weighted by Crippen LogP contribution is 2.12. The summed E-state index contributed by atoms with van der Waals surface area (Å²) in [6, 6.07) is 15.7. The minimum Gasteiger partial charge on any atom is -0.353 e. The first-order chi connectivity index (χ1) is 14.0. The molecule has 0 saturated carbocycles. The number of amides is 2. The fourth-order valence-corrected chi connectivity index (χ4v) is 2.79. The molecule has 0 spiro atoms. The molecule has 0 radical (unpaired) electrons. The van der Waals surface area contributed by atoms with Crippen LogP contribution in [0.1, 0.15) is 29.3 Å². The van der Waals surface area contributed by atoms with Gasteiger partial charge in [-0.3, -0.25) is 14.8 Å². The van der Waals surface area contributed by atoms with Crippen LogP contribution in [-0.4, -0.2) is 36.5 Å². The molecule has 2 aromatic rings. The molecule has 0 aliphatic carbocycles. The van der Waals surface area contributed by atoms with E-state index in [1.54, 1.807) is 36.7 Å². The zero-order valence-corrected chi connectivity index (χ0v) is 16.9. The first-order valence-electron chi connectivity index (χ1n) is 9.19. The van der Waals surface area contributed by atoms with Crippen molar-refractivity contribution in [3.63, 3.8) is 0 Å². The Morgan fingerprint density at radius 2 is 1.76 bits per heavy atom. The van der Waals surface area contributed by atoms with Gasteiger partial charge in [0.15, 0.2) is 0 Å². The molecular weight excluding hydrogens is 396 g/mol. The molecular formula is C21H25ClN2O5. The fraction of sp³-hybridized carbons (Fsp3) is 0.333. The van der Waals surface area contributed by atoms with Crippen LogP contribution in [0.3, 0.4) is 0 Å². The van der Waals surface area contributed by atoms with E-state index in [1.807, 2.05) is 30.3 Å². The highest BCUT2D eigenvalue weighted by atomic mass is 35.5. The molecule has 8 heteroatoms. The number of hydrogen-bond donors (Lipinski definition) is 3. The Balaban J connectivity index is 1.87. The third-order valence-corrected chi connectivity index (χ3v) is 4.49. The third-order valence-electron chi connectivity index (χ3n) is 4.23. The number of halogens is 1. The lowest BCUT2D eigenvalue weighted by atomic mass is 10.0. The van der Waals surface area contributed by atoms with Crippen LogP contribution in [0.2, 0.25) is 5.02 Å². The molecule has 0 bridgehead atoms. The topological polar surface area (TPSA) is 96.9 Å². The number of ether oxygens (including phenoxy) is 2. The largest absolute Gasteiger partial charge is 0.353 e. The lowest BCUT2D eigenvalue weighted by Gasteiger charge is -2.21. The van der Waals surface area contributed by atoms with Crippen LogP contribution in [0.25, 0.3) is 0 Å². The normalized spacial score (nSPS) is 12.8. The second-order valence-electron chi connectivity index (χ2n) is 6.61. The highest BCUT2D eigenvalue weighted by Gasteiger charge is 2.21. The summed E-state index contributed by atoms with van der Waals surface area (Å²) in [4.78, 5) is 24.1. The number of benzene rings is 2. The zero-order chi connectivity index (χ0) is 21.1. The lowest BCUT2D eigenvalue weighted by Crippen LogP contribution is -2.41. The predicted octanol–water partition coefficient (Wildman–Crippen LogP) is 3.16. The first kappa shape index (κ1) is 22.8. The molecule has 2 aromatic carbocycles. The van der Waals surface area contributed by atoms with E-state index in [0.717, 1.165) is 5.56 Å². The number of rotatable bonds is 11. The summed E-state index contributed by atoms with van der Waals surface area (Å²) in [6.07, 6.45) is 0.282. The van der Waals surface area contributed by atoms with Crippen LogP contribution in [0.5, 0.6) is 0 Å². The van der Waals surface area contributed by atoms with Gasteiger partial charge >= 0.3 is 0 Å². The maximum Gasteiger partial charge on any atom is 0.251 e. The van der Waals surface area contributed by atoms with Crippen LogP contribution in [-0.2, 0) is 20.9 Å². The minimum atomic E-state index is -0.531. The van der Waals surface area contributed by atoms with Crippen molar-refractivity contribution in [2.45, 2.75) is 26.0 Å². The van der Waals surface area contributed by atoms with E-state index in [0.29, 0.717) is 17.2 Å². The Bertz CT molecular complexity index is 770. The van der Waals surface area contributed by atoms with Crippen molar-refractivity contribution in [3.05, 3.63) is 70.7 Å². The van der Waals surface area contributed by atoms with Gasteiger partial charge in [0.05, 0.1) is 19.3 Å². The average Bonchev–Trinajstić information content (AvgIpc) is 2.73. The summed E-state index contributed by atoms with van der Waals surface area (Å²) < 4.78 is 11.0. The zero-order valence-electron chi connectivity index (χ0n) is 16.1. The Kier molecular flexibility index (Phi) is 9.59. The van der Waals surface area contributed by atoms with Crippen molar-refractivity contribution in [2.24, 2.45) is 5.92 Å². The molecule has 0 aliphatic rings. The maximum absolute atomic E-state index is 12.5. The second-order valence-corrected chi connectivity index (χ2v) is 7.05. The molecule has 0 saturated heterocycles. The van der Waals surface area contributed by atoms with Crippen LogP contribution in [0, 0.1) is 5.92 Å². The Labute approximate surface area is 174 Å². The lowest BCUT2D eigenvalue weighted by molar-refractivity contribution is -0.133. The van der Waals surface area contributed by atoms with Gasteiger partial charge in [0, 0.05) is 16.5 Å². The van der Waals surface area contributed by atoms with Crippen molar-refractivity contribution in [3.8, 4) is 0 Å².